The van der Waals surface area contributed by atoms with Gasteiger partial charge in [-0.3, -0.25) is 9.48 Å². The van der Waals surface area contributed by atoms with E-state index in [4.69, 9.17) is 14.6 Å². The highest BCUT2D eigenvalue weighted by Crippen LogP contribution is 2.26. The number of halogens is 1. The number of fused-ring (bicyclic) bond motifs is 1. The predicted molar refractivity (Wildman–Crippen MR) is 113 cm³/mol. The highest BCUT2D eigenvalue weighted by Gasteiger charge is 2.14. The minimum atomic E-state index is -0.255. The molecule has 0 spiro atoms. The van der Waals surface area contributed by atoms with Gasteiger partial charge in [-0.05, 0) is 37.1 Å². The average molecular weight is 445 g/mol. The quantitative estimate of drug-likeness (QED) is 0.451. The van der Waals surface area contributed by atoms with E-state index in [2.05, 4.69) is 41.9 Å². The number of carbonyl (C=O) groups excluding carboxylic acids is 1. The fourth-order valence-corrected chi connectivity index (χ4v) is 3.47. The van der Waals surface area contributed by atoms with E-state index in [-0.39, 0.29) is 12.4 Å². The summed E-state index contributed by atoms with van der Waals surface area (Å²) in [5.74, 6) is 0.914. The Morgan fingerprint density at radius 1 is 1.21 bits per heavy atom. The molecule has 0 saturated heterocycles. The summed E-state index contributed by atoms with van der Waals surface area (Å²) in [4.78, 5) is 11.9. The Hall–Kier alpha value is -2.34. The molecule has 0 atom stereocenters. The maximum Gasteiger partial charge on any atom is 0.310 e. The number of hydrogen-bond acceptors (Lipinski definition) is 4. The van der Waals surface area contributed by atoms with Crippen molar-refractivity contribution >= 4 is 32.8 Å². The Bertz CT molecular complexity index is 966. The number of aromatic nitrogens is 2. The largest absolute Gasteiger partial charge is 0.487 e. The van der Waals surface area contributed by atoms with Gasteiger partial charge in [0, 0.05) is 22.0 Å². The Balaban J connectivity index is 1.84. The lowest BCUT2D eigenvalue weighted by atomic mass is 10.1. The van der Waals surface area contributed by atoms with E-state index in [9.17, 15) is 4.79 Å². The van der Waals surface area contributed by atoms with Crippen LogP contribution < -0.4 is 4.74 Å². The molecule has 6 heteroatoms. The molecule has 28 heavy (non-hydrogen) atoms. The van der Waals surface area contributed by atoms with Crippen molar-refractivity contribution in [3.8, 4) is 5.75 Å². The summed E-state index contributed by atoms with van der Waals surface area (Å²) in [6.07, 6.45) is 0.193. The summed E-state index contributed by atoms with van der Waals surface area (Å²) in [7, 11) is 0. The van der Waals surface area contributed by atoms with Crippen molar-refractivity contribution in [2.45, 2.75) is 40.3 Å². The van der Waals surface area contributed by atoms with Gasteiger partial charge in [0.2, 0.25) is 0 Å². The second kappa shape index (κ2) is 9.24. The molecular weight excluding hydrogens is 420 g/mol. The lowest BCUT2D eigenvalue weighted by Gasteiger charge is -2.10. The molecular formula is C22H25BrN2O3. The summed E-state index contributed by atoms with van der Waals surface area (Å²) in [5.41, 5.74) is 2.78. The van der Waals surface area contributed by atoms with E-state index < -0.39 is 0 Å². The van der Waals surface area contributed by atoms with Crippen molar-refractivity contribution < 1.29 is 14.3 Å². The van der Waals surface area contributed by atoms with Crippen molar-refractivity contribution in [3.63, 3.8) is 0 Å². The minimum absolute atomic E-state index is 0.193. The summed E-state index contributed by atoms with van der Waals surface area (Å²) < 4.78 is 14.2. The molecule has 1 aromatic heterocycles. The van der Waals surface area contributed by atoms with Gasteiger partial charge < -0.3 is 9.47 Å². The van der Waals surface area contributed by atoms with Crippen molar-refractivity contribution in [1.82, 2.24) is 9.78 Å². The molecule has 3 aromatic rings. The van der Waals surface area contributed by atoms with Gasteiger partial charge in [0.25, 0.3) is 0 Å². The van der Waals surface area contributed by atoms with Gasteiger partial charge in [0.1, 0.15) is 18.1 Å². The molecule has 0 fully saturated rings. The molecule has 0 saturated carbocycles. The van der Waals surface area contributed by atoms with E-state index in [1.807, 2.05) is 35.0 Å². The number of hydrogen-bond donors (Lipinski definition) is 0. The van der Waals surface area contributed by atoms with E-state index in [0.717, 1.165) is 33.2 Å². The molecule has 0 N–H and O–H groups in total. The smallest absolute Gasteiger partial charge is 0.310 e. The monoisotopic (exact) mass is 444 g/mol. The maximum atomic E-state index is 11.9. The second-order valence-electron chi connectivity index (χ2n) is 7.06. The fourth-order valence-electron chi connectivity index (χ4n) is 3.11. The predicted octanol–water partition coefficient (Wildman–Crippen LogP) is 5.14. The third kappa shape index (κ3) is 4.93. The van der Waals surface area contributed by atoms with Gasteiger partial charge in [-0.25, -0.2) is 0 Å². The van der Waals surface area contributed by atoms with Gasteiger partial charge >= 0.3 is 5.97 Å². The zero-order valence-corrected chi connectivity index (χ0v) is 18.0. The fraction of sp³-hybridized carbons (Fsp3) is 0.364. The molecule has 3 rings (SSSR count). The van der Waals surface area contributed by atoms with Crippen LogP contribution in [0.5, 0.6) is 5.75 Å². The molecule has 0 aliphatic heterocycles. The third-order valence-corrected chi connectivity index (χ3v) is 4.80. The number of carbonyl (C=O) groups is 1. The average Bonchev–Trinajstić information content (AvgIpc) is 2.97. The minimum Gasteiger partial charge on any atom is -0.487 e. The van der Waals surface area contributed by atoms with Crippen LogP contribution in [0.15, 0.2) is 46.9 Å². The van der Waals surface area contributed by atoms with Crippen molar-refractivity contribution in [3.05, 3.63) is 58.2 Å². The van der Waals surface area contributed by atoms with Crippen LogP contribution in [-0.4, -0.2) is 22.4 Å². The Kier molecular flexibility index (Phi) is 6.73. The lowest BCUT2D eigenvalue weighted by Crippen LogP contribution is -2.09. The molecule has 0 bridgehead atoms. The summed E-state index contributed by atoms with van der Waals surface area (Å²) in [6.45, 7) is 7.70. The van der Waals surface area contributed by atoms with Crippen molar-refractivity contribution in [2.24, 2.45) is 5.92 Å². The second-order valence-corrected chi connectivity index (χ2v) is 7.98. The molecule has 2 aromatic carbocycles. The van der Waals surface area contributed by atoms with E-state index in [0.29, 0.717) is 24.9 Å². The molecule has 5 nitrogen and oxygen atoms in total. The van der Waals surface area contributed by atoms with Crippen LogP contribution in [0.3, 0.4) is 0 Å². The number of nitrogens with zero attached hydrogens (tertiary/aromatic N) is 2. The van der Waals surface area contributed by atoms with Crippen LogP contribution in [-0.2, 0) is 29.1 Å². The van der Waals surface area contributed by atoms with Crippen LogP contribution in [0.2, 0.25) is 0 Å². The van der Waals surface area contributed by atoms with Crippen molar-refractivity contribution in [2.75, 3.05) is 6.61 Å². The maximum absolute atomic E-state index is 11.9. The van der Waals surface area contributed by atoms with Gasteiger partial charge in [-0.15, -0.1) is 0 Å². The first-order chi connectivity index (χ1) is 13.5. The number of benzene rings is 2. The van der Waals surface area contributed by atoms with E-state index in [1.54, 1.807) is 6.92 Å². The van der Waals surface area contributed by atoms with Crippen LogP contribution in [0, 0.1) is 5.92 Å². The molecule has 0 amide bonds. The van der Waals surface area contributed by atoms with Crippen LogP contribution >= 0.6 is 15.9 Å². The Morgan fingerprint density at radius 3 is 2.75 bits per heavy atom. The lowest BCUT2D eigenvalue weighted by molar-refractivity contribution is -0.142. The van der Waals surface area contributed by atoms with Crippen LogP contribution in [0.25, 0.3) is 10.9 Å². The molecule has 0 unspecified atom stereocenters. The zero-order chi connectivity index (χ0) is 20.1. The number of ether oxygens (including phenoxy) is 2. The number of esters is 1. The van der Waals surface area contributed by atoms with Crippen LogP contribution in [0.1, 0.15) is 32.0 Å². The summed E-state index contributed by atoms with van der Waals surface area (Å²) in [6, 6.07) is 13.7. The van der Waals surface area contributed by atoms with E-state index in [1.165, 1.54) is 0 Å². The molecule has 148 valence electrons. The first-order valence-corrected chi connectivity index (χ1v) is 10.3. The molecule has 0 aliphatic carbocycles. The Morgan fingerprint density at radius 2 is 2.00 bits per heavy atom. The Labute approximate surface area is 173 Å². The first kappa shape index (κ1) is 20.4. The topological polar surface area (TPSA) is 53.4 Å². The van der Waals surface area contributed by atoms with E-state index >= 15 is 0 Å². The van der Waals surface area contributed by atoms with Gasteiger partial charge in [-0.1, -0.05) is 48.0 Å². The molecule has 0 aliphatic rings. The molecule has 0 radical (unpaired) electrons. The normalized spacial score (nSPS) is 11.2. The summed E-state index contributed by atoms with van der Waals surface area (Å²) >= 11 is 3.55. The standard InChI is InChI=1S/C22H25BrN2O3/c1-4-27-22(26)11-16-7-5-6-8-21(16)28-14-19-18-12-17(23)9-10-20(18)25(24-19)13-15(2)3/h5-10,12,15H,4,11,13-14H2,1-3H3. The van der Waals surface area contributed by atoms with Gasteiger partial charge in [-0.2, -0.15) is 5.10 Å². The SMILES string of the molecule is CCOC(=O)Cc1ccccc1OCc1nn(CC(C)C)c2ccc(Br)cc12. The highest BCUT2D eigenvalue weighted by atomic mass is 79.9. The van der Waals surface area contributed by atoms with Gasteiger partial charge in [0.05, 0.1) is 18.5 Å². The number of rotatable bonds is 8. The number of para-hydroxylation sites is 1. The van der Waals surface area contributed by atoms with Gasteiger partial charge in [0.15, 0.2) is 0 Å². The first-order valence-electron chi connectivity index (χ1n) is 9.49. The van der Waals surface area contributed by atoms with Crippen molar-refractivity contribution in [1.29, 1.82) is 0 Å². The molecule has 1 heterocycles. The highest BCUT2D eigenvalue weighted by molar-refractivity contribution is 9.10. The summed E-state index contributed by atoms with van der Waals surface area (Å²) in [5, 5.41) is 5.85. The van der Waals surface area contributed by atoms with Crippen LogP contribution in [0.4, 0.5) is 0 Å². The third-order valence-electron chi connectivity index (χ3n) is 4.30. The zero-order valence-electron chi connectivity index (χ0n) is 16.4.